The first-order chi connectivity index (χ1) is 7.08. The number of aryl methyl sites for hydroxylation is 1. The normalized spacial score (nSPS) is 18.7. The fourth-order valence-electron chi connectivity index (χ4n) is 1.13. The molecule has 1 fully saturated rings. The highest BCUT2D eigenvalue weighted by atomic mass is 35.5. The van der Waals surface area contributed by atoms with Crippen LogP contribution in [-0.2, 0) is 11.8 Å². The molecule has 2 heterocycles. The molecular weight excluding hydrogens is 254 g/mol. The first-order valence-electron chi connectivity index (χ1n) is 4.00. The maximum Gasteiger partial charge on any atom is 0.263 e. The summed E-state index contributed by atoms with van der Waals surface area (Å²) in [7, 11) is 1.76. The molecule has 1 aromatic rings. The molecule has 1 saturated heterocycles. The molecule has 0 aromatic carbocycles. The van der Waals surface area contributed by atoms with Gasteiger partial charge in [0, 0.05) is 7.05 Å². The smallest absolute Gasteiger partial charge is 0.263 e. The highest BCUT2D eigenvalue weighted by Gasteiger charge is 2.22. The third kappa shape index (κ3) is 2.06. The summed E-state index contributed by atoms with van der Waals surface area (Å²) in [4.78, 5) is 11.9. The molecule has 1 amide bonds. The van der Waals surface area contributed by atoms with Crippen LogP contribution in [0, 0.1) is 0 Å². The Morgan fingerprint density at radius 2 is 2.47 bits per heavy atom. The van der Waals surface area contributed by atoms with Crippen LogP contribution in [0.5, 0.6) is 0 Å². The Labute approximate surface area is 101 Å². The van der Waals surface area contributed by atoms with Gasteiger partial charge in [-0.25, -0.2) is 0 Å². The van der Waals surface area contributed by atoms with E-state index in [1.807, 2.05) is 0 Å². The molecule has 1 aliphatic heterocycles. The molecule has 0 bridgehead atoms. The predicted molar refractivity (Wildman–Crippen MR) is 64.5 cm³/mol. The number of nitrogens with one attached hydrogen (secondary N) is 1. The molecular formula is C8H6ClN3OS2. The third-order valence-electron chi connectivity index (χ3n) is 1.85. The Bertz CT molecular complexity index is 461. The second kappa shape index (κ2) is 3.96. The molecule has 0 atom stereocenters. The number of nitrogens with zero attached hydrogens (tertiary/aromatic N) is 2. The predicted octanol–water partition coefficient (Wildman–Crippen LogP) is 1.56. The summed E-state index contributed by atoms with van der Waals surface area (Å²) in [5.74, 6) is -0.192. The fourth-order valence-corrected chi connectivity index (χ4v) is 2.37. The highest BCUT2D eigenvalue weighted by Crippen LogP contribution is 2.27. The lowest BCUT2D eigenvalue weighted by Crippen LogP contribution is -2.17. The van der Waals surface area contributed by atoms with Crippen molar-refractivity contribution in [2.75, 3.05) is 0 Å². The second-order valence-electron chi connectivity index (χ2n) is 2.85. The zero-order valence-corrected chi connectivity index (χ0v) is 10.0. The summed E-state index contributed by atoms with van der Waals surface area (Å²) >= 11 is 12.0. The van der Waals surface area contributed by atoms with Crippen molar-refractivity contribution >= 4 is 51.9 Å². The number of carbonyl (C=O) groups excluding carboxylic acids is 1. The molecule has 0 radical (unpaired) electrons. The molecule has 0 spiro atoms. The van der Waals surface area contributed by atoms with Gasteiger partial charge in [0.2, 0.25) is 0 Å². The first-order valence-corrected chi connectivity index (χ1v) is 5.60. The summed E-state index contributed by atoms with van der Waals surface area (Å²) in [5, 5.41) is 7.01. The zero-order chi connectivity index (χ0) is 11.0. The van der Waals surface area contributed by atoms with Crippen molar-refractivity contribution in [3.05, 3.63) is 21.8 Å². The molecule has 4 nitrogen and oxygen atoms in total. The van der Waals surface area contributed by atoms with E-state index < -0.39 is 0 Å². The van der Waals surface area contributed by atoms with Gasteiger partial charge in [-0.1, -0.05) is 35.6 Å². The van der Waals surface area contributed by atoms with Crippen LogP contribution in [0.4, 0.5) is 0 Å². The maximum atomic E-state index is 11.4. The van der Waals surface area contributed by atoms with Crippen molar-refractivity contribution in [2.24, 2.45) is 7.05 Å². The van der Waals surface area contributed by atoms with Crippen LogP contribution in [0.3, 0.4) is 0 Å². The van der Waals surface area contributed by atoms with Gasteiger partial charge in [0.15, 0.2) is 0 Å². The SMILES string of the molecule is Cn1ncc(Cl)c1C=C1SC(=S)NC1=O. The summed E-state index contributed by atoms with van der Waals surface area (Å²) in [6.45, 7) is 0. The molecule has 7 heteroatoms. The van der Waals surface area contributed by atoms with Crippen molar-refractivity contribution in [1.29, 1.82) is 0 Å². The topological polar surface area (TPSA) is 46.9 Å². The Balaban J connectivity index is 2.39. The van der Waals surface area contributed by atoms with E-state index in [-0.39, 0.29) is 5.91 Å². The van der Waals surface area contributed by atoms with Gasteiger partial charge in [0.05, 0.1) is 21.8 Å². The van der Waals surface area contributed by atoms with Crippen LogP contribution >= 0.6 is 35.6 Å². The van der Waals surface area contributed by atoms with E-state index in [2.05, 4.69) is 10.4 Å². The van der Waals surface area contributed by atoms with Gasteiger partial charge in [-0.3, -0.25) is 9.48 Å². The molecule has 1 aromatic heterocycles. The number of rotatable bonds is 1. The van der Waals surface area contributed by atoms with Gasteiger partial charge < -0.3 is 5.32 Å². The van der Waals surface area contributed by atoms with Crippen molar-refractivity contribution in [1.82, 2.24) is 15.1 Å². The number of thioether (sulfide) groups is 1. The minimum absolute atomic E-state index is 0.192. The number of hydrogen-bond acceptors (Lipinski definition) is 4. The number of amides is 1. The number of thiocarbonyl (C=S) groups is 1. The Morgan fingerprint density at radius 1 is 1.73 bits per heavy atom. The van der Waals surface area contributed by atoms with Crippen LogP contribution in [0.1, 0.15) is 5.69 Å². The van der Waals surface area contributed by atoms with Crippen molar-refractivity contribution in [3.8, 4) is 0 Å². The molecule has 0 aliphatic carbocycles. The molecule has 15 heavy (non-hydrogen) atoms. The molecule has 0 unspecified atom stereocenters. The van der Waals surface area contributed by atoms with Crippen LogP contribution in [0.2, 0.25) is 5.02 Å². The molecule has 78 valence electrons. The highest BCUT2D eigenvalue weighted by molar-refractivity contribution is 8.26. The Hall–Kier alpha value is -0.850. The van der Waals surface area contributed by atoms with Crippen molar-refractivity contribution in [2.45, 2.75) is 0 Å². The number of hydrogen-bond donors (Lipinski definition) is 1. The average molecular weight is 260 g/mol. The van der Waals surface area contributed by atoms with Gasteiger partial charge in [-0.2, -0.15) is 5.10 Å². The molecule has 1 N–H and O–H groups in total. The lowest BCUT2D eigenvalue weighted by molar-refractivity contribution is -0.115. The van der Waals surface area contributed by atoms with Crippen LogP contribution in [-0.4, -0.2) is 20.0 Å². The molecule has 2 rings (SSSR count). The van der Waals surface area contributed by atoms with E-state index in [1.54, 1.807) is 17.8 Å². The van der Waals surface area contributed by atoms with E-state index >= 15 is 0 Å². The lowest BCUT2D eigenvalue weighted by atomic mass is 10.3. The maximum absolute atomic E-state index is 11.4. The number of halogens is 1. The monoisotopic (exact) mass is 259 g/mol. The first kappa shape index (κ1) is 10.7. The van der Waals surface area contributed by atoms with Crippen LogP contribution in [0.25, 0.3) is 6.08 Å². The quantitative estimate of drug-likeness (QED) is 0.614. The van der Waals surface area contributed by atoms with E-state index in [0.29, 0.717) is 19.9 Å². The number of carbonyl (C=O) groups is 1. The molecule has 0 saturated carbocycles. The largest absolute Gasteiger partial charge is 0.307 e. The lowest BCUT2D eigenvalue weighted by Gasteiger charge is -1.96. The minimum atomic E-state index is -0.192. The second-order valence-corrected chi connectivity index (χ2v) is 4.98. The van der Waals surface area contributed by atoms with Crippen molar-refractivity contribution < 1.29 is 4.79 Å². The fraction of sp³-hybridized carbons (Fsp3) is 0.125. The standard InChI is InChI=1S/C8H6ClN3OS2/c1-12-5(4(9)3-10-12)2-6-7(13)11-8(14)15-6/h2-3H,1H3,(H,11,13,14). The van der Waals surface area contributed by atoms with E-state index in [4.69, 9.17) is 23.8 Å². The van der Waals surface area contributed by atoms with E-state index in [1.165, 1.54) is 18.0 Å². The van der Waals surface area contributed by atoms with Gasteiger partial charge >= 0.3 is 0 Å². The van der Waals surface area contributed by atoms with Crippen molar-refractivity contribution in [3.63, 3.8) is 0 Å². The van der Waals surface area contributed by atoms with Gasteiger partial charge in [-0.15, -0.1) is 0 Å². The van der Waals surface area contributed by atoms with Gasteiger partial charge in [0.25, 0.3) is 5.91 Å². The van der Waals surface area contributed by atoms with Gasteiger partial charge in [-0.05, 0) is 6.08 Å². The Kier molecular flexibility index (Phi) is 2.81. The summed E-state index contributed by atoms with van der Waals surface area (Å²) < 4.78 is 2.06. The zero-order valence-electron chi connectivity index (χ0n) is 7.65. The molecule has 1 aliphatic rings. The van der Waals surface area contributed by atoms with Crippen LogP contribution < -0.4 is 5.32 Å². The van der Waals surface area contributed by atoms with Crippen LogP contribution in [0.15, 0.2) is 11.1 Å². The number of aromatic nitrogens is 2. The minimum Gasteiger partial charge on any atom is -0.307 e. The van der Waals surface area contributed by atoms with E-state index in [9.17, 15) is 4.79 Å². The van der Waals surface area contributed by atoms with Gasteiger partial charge in [0.1, 0.15) is 4.32 Å². The summed E-state index contributed by atoms with van der Waals surface area (Å²) in [6, 6.07) is 0. The summed E-state index contributed by atoms with van der Waals surface area (Å²) in [5.41, 5.74) is 0.694. The Morgan fingerprint density at radius 3 is 2.93 bits per heavy atom. The summed E-state index contributed by atoms with van der Waals surface area (Å²) in [6.07, 6.45) is 3.21. The van der Waals surface area contributed by atoms with E-state index in [0.717, 1.165) is 0 Å². The average Bonchev–Trinajstić information content (AvgIpc) is 2.63. The third-order valence-corrected chi connectivity index (χ3v) is 3.30.